The van der Waals surface area contributed by atoms with E-state index in [4.69, 9.17) is 4.74 Å². The van der Waals surface area contributed by atoms with E-state index in [-0.39, 0.29) is 0 Å². The summed E-state index contributed by atoms with van der Waals surface area (Å²) in [6.45, 7) is 2.04. The van der Waals surface area contributed by atoms with Crippen molar-refractivity contribution in [2.24, 2.45) is 0 Å². The molecule has 0 radical (unpaired) electrons. The van der Waals surface area contributed by atoms with E-state index in [0.717, 1.165) is 16.7 Å². The van der Waals surface area contributed by atoms with E-state index in [9.17, 15) is 18.0 Å². The fraction of sp³-hybridized carbons (Fsp3) is 0.278. The van der Waals surface area contributed by atoms with Gasteiger partial charge in [-0.25, -0.2) is 0 Å². The molecule has 0 aromatic heterocycles. The van der Waals surface area contributed by atoms with E-state index in [1.807, 2.05) is 43.3 Å². The molecule has 0 heterocycles. The average molecular weight is 337 g/mol. The van der Waals surface area contributed by atoms with Gasteiger partial charge in [-0.1, -0.05) is 42.0 Å². The second-order valence-corrected chi connectivity index (χ2v) is 5.48. The summed E-state index contributed by atoms with van der Waals surface area (Å²) in [6, 6.07) is 15.0. The summed E-state index contributed by atoms with van der Waals surface area (Å²) in [5, 5.41) is 1.80. The molecule has 1 unspecified atom stereocenters. The quantitative estimate of drug-likeness (QED) is 0.892. The molecule has 6 heteroatoms. The number of alkyl halides is 3. The number of hydrogen-bond acceptors (Lipinski definition) is 2. The van der Waals surface area contributed by atoms with Gasteiger partial charge in [-0.2, -0.15) is 13.2 Å². The molecular weight excluding hydrogens is 319 g/mol. The molecule has 0 spiro atoms. The van der Waals surface area contributed by atoms with Crippen LogP contribution in [0.2, 0.25) is 0 Å². The van der Waals surface area contributed by atoms with E-state index < -0.39 is 24.7 Å². The van der Waals surface area contributed by atoms with Crippen LogP contribution in [-0.2, 0) is 4.79 Å². The van der Waals surface area contributed by atoms with Gasteiger partial charge < -0.3 is 10.1 Å². The first-order valence-corrected chi connectivity index (χ1v) is 7.43. The molecule has 0 saturated heterocycles. The van der Waals surface area contributed by atoms with E-state index >= 15 is 0 Å². The fourth-order valence-electron chi connectivity index (χ4n) is 2.06. The summed E-state index contributed by atoms with van der Waals surface area (Å²) in [4.78, 5) is 11.6. The molecule has 2 aromatic rings. The third kappa shape index (κ3) is 5.30. The SMILES string of the molecule is Cc1ccc(-c2ccc(OC(C)C(=O)NCC(F)(F)F)cc2)cc1. The summed E-state index contributed by atoms with van der Waals surface area (Å²) in [5.74, 6) is -0.393. The van der Waals surface area contributed by atoms with Gasteiger partial charge in [-0.05, 0) is 37.1 Å². The predicted molar refractivity (Wildman–Crippen MR) is 85.8 cm³/mol. The lowest BCUT2D eigenvalue weighted by atomic mass is 10.0. The Balaban J connectivity index is 1.96. The number of rotatable bonds is 5. The molecular formula is C18H18F3NO2. The number of carbonyl (C=O) groups is 1. The van der Waals surface area contributed by atoms with Crippen LogP contribution >= 0.6 is 0 Å². The van der Waals surface area contributed by atoms with Gasteiger partial charge in [0.1, 0.15) is 12.3 Å². The van der Waals surface area contributed by atoms with Gasteiger partial charge in [0.25, 0.3) is 5.91 Å². The zero-order chi connectivity index (χ0) is 17.7. The summed E-state index contributed by atoms with van der Waals surface area (Å²) in [5.41, 5.74) is 3.19. The van der Waals surface area contributed by atoms with Crippen molar-refractivity contribution in [2.75, 3.05) is 6.54 Å². The molecule has 0 bridgehead atoms. The molecule has 2 rings (SSSR count). The van der Waals surface area contributed by atoms with Crippen LogP contribution in [-0.4, -0.2) is 24.7 Å². The van der Waals surface area contributed by atoms with Gasteiger partial charge in [0.05, 0.1) is 0 Å². The number of amides is 1. The minimum absolute atomic E-state index is 0.417. The van der Waals surface area contributed by atoms with Gasteiger partial charge in [-0.3, -0.25) is 4.79 Å². The van der Waals surface area contributed by atoms with Crippen LogP contribution in [0.5, 0.6) is 5.75 Å². The van der Waals surface area contributed by atoms with Crippen LogP contribution in [0.1, 0.15) is 12.5 Å². The monoisotopic (exact) mass is 337 g/mol. The standard InChI is InChI=1S/C18H18F3NO2/c1-12-3-5-14(6-4-12)15-7-9-16(10-8-15)24-13(2)17(23)22-11-18(19,20)21/h3-10,13H,11H2,1-2H3,(H,22,23). The van der Waals surface area contributed by atoms with E-state index in [2.05, 4.69) is 0 Å². The second kappa shape index (κ2) is 7.38. The molecule has 0 aliphatic rings. The van der Waals surface area contributed by atoms with Crippen molar-refractivity contribution in [2.45, 2.75) is 26.1 Å². The summed E-state index contributed by atoms with van der Waals surface area (Å²) >= 11 is 0. The van der Waals surface area contributed by atoms with Crippen LogP contribution in [0.3, 0.4) is 0 Å². The van der Waals surface area contributed by atoms with E-state index in [1.165, 1.54) is 6.92 Å². The van der Waals surface area contributed by atoms with Crippen LogP contribution in [0.15, 0.2) is 48.5 Å². The Morgan fingerprint density at radius 1 is 1.04 bits per heavy atom. The maximum atomic E-state index is 12.1. The molecule has 1 amide bonds. The Labute approximate surface area is 138 Å². The summed E-state index contributed by atoms with van der Waals surface area (Å²) in [7, 11) is 0. The highest BCUT2D eigenvalue weighted by Gasteiger charge is 2.29. The zero-order valence-corrected chi connectivity index (χ0v) is 13.4. The van der Waals surface area contributed by atoms with Crippen LogP contribution < -0.4 is 10.1 Å². The van der Waals surface area contributed by atoms with Crippen molar-refractivity contribution >= 4 is 5.91 Å². The number of halogens is 3. The second-order valence-electron chi connectivity index (χ2n) is 5.48. The predicted octanol–water partition coefficient (Wildman–Crippen LogP) is 4.11. The Morgan fingerprint density at radius 3 is 2.04 bits per heavy atom. The molecule has 2 aromatic carbocycles. The van der Waals surface area contributed by atoms with Crippen molar-refractivity contribution in [3.63, 3.8) is 0 Å². The molecule has 3 nitrogen and oxygen atoms in total. The number of ether oxygens (including phenoxy) is 1. The Hall–Kier alpha value is -2.50. The molecule has 24 heavy (non-hydrogen) atoms. The number of aryl methyl sites for hydroxylation is 1. The van der Waals surface area contributed by atoms with Crippen molar-refractivity contribution < 1.29 is 22.7 Å². The maximum absolute atomic E-state index is 12.1. The number of hydrogen-bond donors (Lipinski definition) is 1. The van der Waals surface area contributed by atoms with Gasteiger partial charge in [0.2, 0.25) is 0 Å². The minimum Gasteiger partial charge on any atom is -0.481 e. The number of carbonyl (C=O) groups excluding carboxylic acids is 1. The first-order valence-electron chi connectivity index (χ1n) is 7.43. The molecule has 1 atom stereocenters. The van der Waals surface area contributed by atoms with Crippen LogP contribution in [0.4, 0.5) is 13.2 Å². The highest BCUT2D eigenvalue weighted by molar-refractivity contribution is 5.80. The van der Waals surface area contributed by atoms with Crippen molar-refractivity contribution in [1.29, 1.82) is 0 Å². The smallest absolute Gasteiger partial charge is 0.405 e. The number of nitrogens with one attached hydrogen (secondary N) is 1. The van der Waals surface area contributed by atoms with Crippen molar-refractivity contribution in [3.05, 3.63) is 54.1 Å². The normalized spacial score (nSPS) is 12.5. The lowest BCUT2D eigenvalue weighted by molar-refractivity contribution is -0.142. The Morgan fingerprint density at radius 2 is 1.54 bits per heavy atom. The lowest BCUT2D eigenvalue weighted by Crippen LogP contribution is -2.41. The third-order valence-electron chi connectivity index (χ3n) is 3.38. The fourth-order valence-corrected chi connectivity index (χ4v) is 2.06. The van der Waals surface area contributed by atoms with Crippen molar-refractivity contribution in [1.82, 2.24) is 5.32 Å². The highest BCUT2D eigenvalue weighted by atomic mass is 19.4. The molecule has 128 valence electrons. The first kappa shape index (κ1) is 17.8. The molecule has 0 aliphatic heterocycles. The largest absolute Gasteiger partial charge is 0.481 e. The maximum Gasteiger partial charge on any atom is 0.405 e. The van der Waals surface area contributed by atoms with Crippen LogP contribution in [0.25, 0.3) is 11.1 Å². The summed E-state index contributed by atoms with van der Waals surface area (Å²) < 4.78 is 41.6. The Bertz CT molecular complexity index is 679. The Kier molecular flexibility index (Phi) is 5.49. The van der Waals surface area contributed by atoms with Crippen molar-refractivity contribution in [3.8, 4) is 16.9 Å². The van der Waals surface area contributed by atoms with Gasteiger partial charge >= 0.3 is 6.18 Å². The molecule has 0 saturated carbocycles. The average Bonchev–Trinajstić information content (AvgIpc) is 2.53. The van der Waals surface area contributed by atoms with E-state index in [1.54, 1.807) is 17.4 Å². The van der Waals surface area contributed by atoms with Gasteiger partial charge in [0.15, 0.2) is 6.10 Å². The van der Waals surface area contributed by atoms with Gasteiger partial charge in [-0.15, -0.1) is 0 Å². The molecule has 0 fully saturated rings. The number of benzene rings is 2. The highest BCUT2D eigenvalue weighted by Crippen LogP contribution is 2.23. The first-order chi connectivity index (χ1) is 11.2. The minimum atomic E-state index is -4.44. The zero-order valence-electron chi connectivity index (χ0n) is 13.4. The summed E-state index contributed by atoms with van der Waals surface area (Å²) in [6.07, 6.45) is -5.46. The van der Waals surface area contributed by atoms with Crippen LogP contribution in [0, 0.1) is 6.92 Å². The van der Waals surface area contributed by atoms with E-state index in [0.29, 0.717) is 5.75 Å². The molecule has 1 N–H and O–H groups in total. The third-order valence-corrected chi connectivity index (χ3v) is 3.38. The lowest BCUT2D eigenvalue weighted by Gasteiger charge is -2.16. The van der Waals surface area contributed by atoms with Gasteiger partial charge in [0, 0.05) is 0 Å². The molecule has 0 aliphatic carbocycles. The topological polar surface area (TPSA) is 38.3 Å².